The number of nitrogens with one attached hydrogen (secondary N) is 1. The summed E-state index contributed by atoms with van der Waals surface area (Å²) >= 11 is 0. The Kier molecular flexibility index (Phi) is 3.69. The largest absolute Gasteiger partial charge is 0.370 e. The first-order valence-corrected chi connectivity index (χ1v) is 6.38. The summed E-state index contributed by atoms with van der Waals surface area (Å²) in [6.07, 6.45) is 0. The molecule has 1 N–H and O–H groups in total. The van der Waals surface area contributed by atoms with E-state index in [9.17, 15) is 10.1 Å². The second kappa shape index (κ2) is 5.28. The topological polar surface area (TPSA) is 85.9 Å². The van der Waals surface area contributed by atoms with Gasteiger partial charge in [-0.05, 0) is 39.3 Å². The monoisotopic (exact) mass is 275 g/mol. The first kappa shape index (κ1) is 14.0. The number of rotatable bonds is 4. The predicted octanol–water partition coefficient (Wildman–Crippen LogP) is 2.53. The number of nitrogens with zero attached hydrogens (tertiary/aromatic N) is 4. The molecule has 0 radical (unpaired) electrons. The second-order valence-corrected chi connectivity index (χ2v) is 4.53. The zero-order valence-electron chi connectivity index (χ0n) is 12.0. The molecule has 20 heavy (non-hydrogen) atoms. The molecular weight excluding hydrogens is 258 g/mol. The lowest BCUT2D eigenvalue weighted by atomic mass is 10.2. The van der Waals surface area contributed by atoms with Crippen molar-refractivity contribution in [2.45, 2.75) is 27.7 Å². The van der Waals surface area contributed by atoms with Crippen molar-refractivity contribution < 1.29 is 4.92 Å². The van der Waals surface area contributed by atoms with E-state index >= 15 is 0 Å². The van der Waals surface area contributed by atoms with E-state index in [1.54, 1.807) is 6.07 Å². The van der Waals surface area contributed by atoms with Gasteiger partial charge >= 0.3 is 5.69 Å². The van der Waals surface area contributed by atoms with E-state index in [1.165, 1.54) is 10.7 Å². The molecule has 7 nitrogen and oxygen atoms in total. The van der Waals surface area contributed by atoms with E-state index in [4.69, 9.17) is 0 Å². The van der Waals surface area contributed by atoms with Gasteiger partial charge in [0.15, 0.2) is 0 Å². The van der Waals surface area contributed by atoms with Crippen molar-refractivity contribution in [2.24, 2.45) is 0 Å². The number of pyridine rings is 1. The van der Waals surface area contributed by atoms with E-state index in [2.05, 4.69) is 15.4 Å². The molecule has 0 aliphatic heterocycles. The summed E-state index contributed by atoms with van der Waals surface area (Å²) in [5.74, 6) is 0.834. The van der Waals surface area contributed by atoms with Crippen LogP contribution >= 0.6 is 0 Å². The third-order valence-electron chi connectivity index (χ3n) is 3.26. The van der Waals surface area contributed by atoms with Crippen molar-refractivity contribution in [2.75, 3.05) is 11.9 Å². The molecule has 0 saturated carbocycles. The van der Waals surface area contributed by atoms with Crippen LogP contribution in [0.5, 0.6) is 0 Å². The van der Waals surface area contributed by atoms with Crippen LogP contribution in [0.2, 0.25) is 0 Å². The molecule has 0 saturated heterocycles. The zero-order chi connectivity index (χ0) is 14.9. The molecule has 2 heterocycles. The van der Waals surface area contributed by atoms with Crippen LogP contribution in [0, 0.1) is 30.9 Å². The minimum atomic E-state index is -0.441. The van der Waals surface area contributed by atoms with Crippen LogP contribution in [0.1, 0.15) is 23.9 Å². The Bertz CT molecular complexity index is 663. The van der Waals surface area contributed by atoms with Crippen molar-refractivity contribution in [3.8, 4) is 5.82 Å². The van der Waals surface area contributed by atoms with E-state index in [0.717, 1.165) is 17.0 Å². The minimum absolute atomic E-state index is 0.0581. The Labute approximate surface area is 116 Å². The average molecular weight is 275 g/mol. The Balaban J connectivity index is 2.65. The fourth-order valence-corrected chi connectivity index (χ4v) is 1.95. The molecule has 0 amide bonds. The lowest BCUT2D eigenvalue weighted by molar-refractivity contribution is -0.384. The summed E-state index contributed by atoms with van der Waals surface area (Å²) in [4.78, 5) is 15.0. The maximum absolute atomic E-state index is 11.2. The molecule has 2 rings (SSSR count). The summed E-state index contributed by atoms with van der Waals surface area (Å²) in [6, 6.07) is 3.05. The molecule has 2 aromatic rings. The molecule has 0 aliphatic rings. The summed E-state index contributed by atoms with van der Waals surface area (Å²) in [6.45, 7) is 8.32. The number of nitro groups is 1. The van der Waals surface area contributed by atoms with Crippen LogP contribution in [0.25, 0.3) is 5.82 Å². The van der Waals surface area contributed by atoms with Crippen LogP contribution in [-0.4, -0.2) is 26.2 Å². The van der Waals surface area contributed by atoms with E-state index in [1.807, 2.05) is 27.7 Å². The second-order valence-electron chi connectivity index (χ2n) is 4.53. The highest BCUT2D eigenvalue weighted by atomic mass is 16.6. The highest BCUT2D eigenvalue weighted by Gasteiger charge is 2.21. The third-order valence-corrected chi connectivity index (χ3v) is 3.26. The number of hydrogen-bond donors (Lipinski definition) is 1. The number of aromatic nitrogens is 3. The minimum Gasteiger partial charge on any atom is -0.370 e. The molecule has 0 fully saturated rings. The highest BCUT2D eigenvalue weighted by molar-refractivity contribution is 5.54. The van der Waals surface area contributed by atoms with Crippen LogP contribution in [0.3, 0.4) is 0 Å². The van der Waals surface area contributed by atoms with Crippen molar-refractivity contribution in [3.05, 3.63) is 39.2 Å². The molecule has 0 atom stereocenters. The number of hydrogen-bond acceptors (Lipinski definition) is 5. The van der Waals surface area contributed by atoms with Gasteiger partial charge in [0.2, 0.25) is 5.82 Å². The first-order valence-electron chi connectivity index (χ1n) is 6.38. The Hall–Kier alpha value is -2.44. The van der Waals surface area contributed by atoms with Gasteiger partial charge in [-0.15, -0.1) is 0 Å². The van der Waals surface area contributed by atoms with E-state index < -0.39 is 4.92 Å². The SMILES string of the molecule is CCNc1ccc([N+](=O)[O-])c(-n2nc(C)c(C)c2C)n1. The van der Waals surface area contributed by atoms with Crippen molar-refractivity contribution in [3.63, 3.8) is 0 Å². The van der Waals surface area contributed by atoms with E-state index in [0.29, 0.717) is 12.4 Å². The summed E-state index contributed by atoms with van der Waals surface area (Å²) in [5.41, 5.74) is 2.64. The summed E-state index contributed by atoms with van der Waals surface area (Å²) in [5, 5.41) is 18.6. The summed E-state index contributed by atoms with van der Waals surface area (Å²) < 4.78 is 1.53. The molecule has 0 unspecified atom stereocenters. The highest BCUT2D eigenvalue weighted by Crippen LogP contribution is 2.25. The quantitative estimate of drug-likeness (QED) is 0.684. The van der Waals surface area contributed by atoms with Gasteiger partial charge in [0.1, 0.15) is 5.82 Å². The number of anilines is 1. The van der Waals surface area contributed by atoms with Gasteiger partial charge in [-0.3, -0.25) is 10.1 Å². The maximum atomic E-state index is 11.2. The lowest BCUT2D eigenvalue weighted by Gasteiger charge is -2.08. The normalized spacial score (nSPS) is 10.6. The van der Waals surface area contributed by atoms with Gasteiger partial charge < -0.3 is 5.32 Å². The molecular formula is C13H17N5O2. The van der Waals surface area contributed by atoms with Gasteiger partial charge in [-0.1, -0.05) is 0 Å². The fraction of sp³-hybridized carbons (Fsp3) is 0.385. The van der Waals surface area contributed by atoms with Crippen molar-refractivity contribution >= 4 is 11.5 Å². The third kappa shape index (κ3) is 2.34. The molecule has 0 spiro atoms. The van der Waals surface area contributed by atoms with Gasteiger partial charge in [-0.2, -0.15) is 5.10 Å². The number of aryl methyl sites for hydroxylation is 1. The van der Waals surface area contributed by atoms with Crippen LogP contribution in [-0.2, 0) is 0 Å². The zero-order valence-corrected chi connectivity index (χ0v) is 12.0. The van der Waals surface area contributed by atoms with Crippen molar-refractivity contribution in [1.29, 1.82) is 0 Å². The summed E-state index contributed by atoms with van der Waals surface area (Å²) in [7, 11) is 0. The lowest BCUT2D eigenvalue weighted by Crippen LogP contribution is -2.09. The molecule has 106 valence electrons. The molecule has 0 aliphatic carbocycles. The molecule has 0 bridgehead atoms. The van der Waals surface area contributed by atoms with Gasteiger partial charge in [0.05, 0.1) is 10.6 Å². The molecule has 7 heteroatoms. The van der Waals surface area contributed by atoms with E-state index in [-0.39, 0.29) is 11.5 Å². The van der Waals surface area contributed by atoms with Crippen LogP contribution < -0.4 is 5.32 Å². The predicted molar refractivity (Wildman–Crippen MR) is 76.4 cm³/mol. The van der Waals surface area contributed by atoms with Gasteiger partial charge in [-0.25, -0.2) is 9.67 Å². The van der Waals surface area contributed by atoms with Crippen LogP contribution in [0.15, 0.2) is 12.1 Å². The fourth-order valence-electron chi connectivity index (χ4n) is 1.95. The molecule has 0 aromatic carbocycles. The first-order chi connectivity index (χ1) is 9.45. The Morgan fingerprint density at radius 1 is 1.35 bits per heavy atom. The maximum Gasteiger partial charge on any atom is 0.313 e. The van der Waals surface area contributed by atoms with Crippen molar-refractivity contribution in [1.82, 2.24) is 14.8 Å². The average Bonchev–Trinajstić information content (AvgIpc) is 2.66. The molecule has 2 aromatic heterocycles. The smallest absolute Gasteiger partial charge is 0.313 e. The van der Waals surface area contributed by atoms with Gasteiger partial charge in [0, 0.05) is 18.3 Å². The standard InChI is InChI=1S/C13H17N5O2/c1-5-14-12-7-6-11(18(19)20)13(15-12)17-10(4)8(2)9(3)16-17/h6-7H,5H2,1-4H3,(H,14,15). The van der Waals surface area contributed by atoms with Crippen LogP contribution in [0.4, 0.5) is 11.5 Å². The van der Waals surface area contributed by atoms with Gasteiger partial charge in [0.25, 0.3) is 0 Å². The Morgan fingerprint density at radius 2 is 2.05 bits per heavy atom. The Morgan fingerprint density at radius 3 is 2.55 bits per heavy atom.